The van der Waals surface area contributed by atoms with Crippen molar-refractivity contribution >= 4 is 27.7 Å². The largest absolute Gasteiger partial charge is 0.496 e. The van der Waals surface area contributed by atoms with Crippen LogP contribution in [0.5, 0.6) is 5.75 Å². The van der Waals surface area contributed by atoms with Crippen LogP contribution >= 0.6 is 15.9 Å². The van der Waals surface area contributed by atoms with Crippen molar-refractivity contribution in [3.63, 3.8) is 0 Å². The van der Waals surface area contributed by atoms with Gasteiger partial charge in [-0.1, -0.05) is 15.9 Å². The average molecular weight is 277 g/mol. The lowest BCUT2D eigenvalue weighted by Gasteiger charge is -2.07. The number of Topliss-reactive ketones (excluding diaryl/α,β-unsaturated/α-hetero) is 1. The molecule has 1 aromatic carbocycles. The Morgan fingerprint density at radius 2 is 2.07 bits per heavy atom. The maximum Gasteiger partial charge on any atom is 0.377 e. The number of rotatable bonds is 3. The van der Waals surface area contributed by atoms with Gasteiger partial charge in [-0.05, 0) is 12.1 Å². The second-order valence-electron chi connectivity index (χ2n) is 2.60. The third-order valence-corrected chi connectivity index (χ3v) is 2.12. The fourth-order valence-corrected chi connectivity index (χ4v) is 1.45. The number of carbonyl (C=O) groups is 2. The molecule has 0 bridgehead atoms. The van der Waals surface area contributed by atoms with Crippen molar-refractivity contribution in [2.45, 2.75) is 0 Å². The number of ketones is 1. The van der Waals surface area contributed by atoms with Gasteiger partial charge in [0.25, 0.3) is 5.78 Å². The van der Waals surface area contributed by atoms with Gasteiger partial charge in [-0.3, -0.25) is 4.79 Å². The van der Waals surface area contributed by atoms with Crippen molar-refractivity contribution in [1.82, 2.24) is 0 Å². The minimum atomic E-state index is -1.73. The van der Waals surface area contributed by atoms with E-state index >= 15 is 0 Å². The summed E-state index contributed by atoms with van der Waals surface area (Å²) in [5.74, 6) is -4.12. The quantitative estimate of drug-likeness (QED) is 0.676. The van der Waals surface area contributed by atoms with Crippen LogP contribution in [0, 0.1) is 5.82 Å². The van der Waals surface area contributed by atoms with E-state index in [1.54, 1.807) is 0 Å². The summed E-state index contributed by atoms with van der Waals surface area (Å²) in [5.41, 5.74) is -0.576. The molecule has 0 heterocycles. The first-order valence-electron chi connectivity index (χ1n) is 3.78. The highest BCUT2D eigenvalue weighted by Gasteiger charge is 2.24. The second kappa shape index (κ2) is 4.39. The third kappa shape index (κ3) is 2.33. The van der Waals surface area contributed by atoms with Gasteiger partial charge in [-0.2, -0.15) is 0 Å². The number of hydrogen-bond acceptors (Lipinski definition) is 3. The summed E-state index contributed by atoms with van der Waals surface area (Å²) < 4.78 is 18.4. The average Bonchev–Trinajstić information content (AvgIpc) is 2.15. The van der Waals surface area contributed by atoms with Crippen LogP contribution in [0.4, 0.5) is 4.39 Å². The molecule has 6 heteroatoms. The van der Waals surface area contributed by atoms with E-state index < -0.39 is 23.1 Å². The second-order valence-corrected chi connectivity index (χ2v) is 3.51. The molecule has 0 radical (unpaired) electrons. The number of hydrogen-bond donors (Lipinski definition) is 1. The van der Waals surface area contributed by atoms with Crippen molar-refractivity contribution in [3.05, 3.63) is 28.0 Å². The first-order chi connectivity index (χ1) is 6.97. The number of carboxylic acids is 1. The zero-order valence-corrected chi connectivity index (χ0v) is 9.17. The van der Waals surface area contributed by atoms with E-state index in [2.05, 4.69) is 15.9 Å². The van der Waals surface area contributed by atoms with Crippen LogP contribution in [0.25, 0.3) is 0 Å². The van der Waals surface area contributed by atoms with Gasteiger partial charge in [0.1, 0.15) is 17.1 Å². The van der Waals surface area contributed by atoms with E-state index in [0.717, 1.165) is 6.07 Å². The molecular weight excluding hydrogens is 271 g/mol. The van der Waals surface area contributed by atoms with E-state index in [1.807, 2.05) is 0 Å². The molecule has 1 aromatic rings. The highest BCUT2D eigenvalue weighted by Crippen LogP contribution is 2.27. The molecule has 0 spiro atoms. The topological polar surface area (TPSA) is 63.6 Å². The van der Waals surface area contributed by atoms with Crippen molar-refractivity contribution < 1.29 is 23.8 Å². The molecular formula is C9H6BrFO4. The van der Waals surface area contributed by atoms with Crippen LogP contribution in [-0.4, -0.2) is 24.0 Å². The first kappa shape index (κ1) is 11.6. The Morgan fingerprint density at radius 1 is 1.47 bits per heavy atom. The molecule has 1 rings (SSSR count). The highest BCUT2D eigenvalue weighted by atomic mass is 79.9. The summed E-state index contributed by atoms with van der Waals surface area (Å²) >= 11 is 3.00. The summed E-state index contributed by atoms with van der Waals surface area (Å²) in [6, 6.07) is 2.32. The van der Waals surface area contributed by atoms with E-state index in [1.165, 1.54) is 13.2 Å². The minimum Gasteiger partial charge on any atom is -0.496 e. The number of aliphatic carboxylic acids is 1. The van der Waals surface area contributed by atoms with Crippen LogP contribution in [0.1, 0.15) is 10.4 Å². The highest BCUT2D eigenvalue weighted by molar-refractivity contribution is 9.10. The zero-order valence-electron chi connectivity index (χ0n) is 7.58. The van der Waals surface area contributed by atoms with Crippen molar-refractivity contribution in [3.8, 4) is 5.75 Å². The van der Waals surface area contributed by atoms with E-state index in [9.17, 15) is 14.0 Å². The van der Waals surface area contributed by atoms with Gasteiger partial charge in [-0.25, -0.2) is 9.18 Å². The van der Waals surface area contributed by atoms with Gasteiger partial charge in [0.15, 0.2) is 0 Å². The zero-order chi connectivity index (χ0) is 11.6. The predicted octanol–water partition coefficient (Wildman–Crippen LogP) is 1.86. The molecule has 0 saturated carbocycles. The molecule has 0 aliphatic heterocycles. The van der Waals surface area contributed by atoms with Crippen LogP contribution in [0.15, 0.2) is 16.6 Å². The van der Waals surface area contributed by atoms with Gasteiger partial charge in [0.2, 0.25) is 0 Å². The molecule has 0 unspecified atom stereocenters. The fourth-order valence-electron chi connectivity index (χ4n) is 1.04. The monoisotopic (exact) mass is 276 g/mol. The van der Waals surface area contributed by atoms with Gasteiger partial charge in [-0.15, -0.1) is 0 Å². The van der Waals surface area contributed by atoms with Crippen LogP contribution in [0.2, 0.25) is 0 Å². The summed E-state index contributed by atoms with van der Waals surface area (Å²) in [6.45, 7) is 0. The van der Waals surface area contributed by atoms with Crippen LogP contribution in [0.3, 0.4) is 0 Å². The molecule has 80 valence electrons. The number of methoxy groups -OCH3 is 1. The Kier molecular flexibility index (Phi) is 3.41. The number of carboxylic acid groups (broad SMARTS) is 1. The molecule has 0 saturated heterocycles. The minimum absolute atomic E-state index is 0.116. The standard InChI is InChI=1S/C9H6BrFO4/c1-15-6-3-4(10)2-5(11)7(6)8(12)9(13)14/h2-3H,1H3,(H,13,14). The Bertz CT molecular complexity index is 430. The van der Waals surface area contributed by atoms with E-state index in [-0.39, 0.29) is 5.75 Å². The van der Waals surface area contributed by atoms with Gasteiger partial charge < -0.3 is 9.84 Å². The predicted molar refractivity (Wildman–Crippen MR) is 52.6 cm³/mol. The van der Waals surface area contributed by atoms with Crippen molar-refractivity contribution in [1.29, 1.82) is 0 Å². The lowest BCUT2D eigenvalue weighted by Crippen LogP contribution is -2.15. The molecule has 0 aromatic heterocycles. The third-order valence-electron chi connectivity index (χ3n) is 1.66. The summed E-state index contributed by atoms with van der Waals surface area (Å²) in [6.07, 6.45) is 0. The molecule has 0 amide bonds. The molecule has 0 atom stereocenters. The molecule has 4 nitrogen and oxygen atoms in total. The Hall–Kier alpha value is -1.43. The molecule has 0 aliphatic rings. The SMILES string of the molecule is COc1cc(Br)cc(F)c1C(=O)C(=O)O. The molecule has 0 aliphatic carbocycles. The van der Waals surface area contributed by atoms with Crippen LogP contribution in [-0.2, 0) is 4.79 Å². The van der Waals surface area contributed by atoms with Gasteiger partial charge in [0, 0.05) is 4.47 Å². The van der Waals surface area contributed by atoms with Crippen LogP contribution < -0.4 is 4.74 Å². The van der Waals surface area contributed by atoms with Crippen molar-refractivity contribution in [2.24, 2.45) is 0 Å². The number of ether oxygens (including phenoxy) is 1. The van der Waals surface area contributed by atoms with E-state index in [0.29, 0.717) is 4.47 Å². The van der Waals surface area contributed by atoms with Crippen molar-refractivity contribution in [2.75, 3.05) is 7.11 Å². The Balaban J connectivity index is 3.39. The lowest BCUT2D eigenvalue weighted by molar-refractivity contribution is -0.131. The van der Waals surface area contributed by atoms with Gasteiger partial charge >= 0.3 is 5.97 Å². The lowest BCUT2D eigenvalue weighted by atomic mass is 10.1. The summed E-state index contributed by atoms with van der Waals surface area (Å²) in [4.78, 5) is 21.5. The molecule has 0 fully saturated rings. The number of benzene rings is 1. The number of carbonyl (C=O) groups excluding carboxylic acids is 1. The Morgan fingerprint density at radius 3 is 2.53 bits per heavy atom. The van der Waals surface area contributed by atoms with Gasteiger partial charge in [0.05, 0.1) is 7.11 Å². The Labute approximate surface area is 92.8 Å². The number of halogens is 2. The maximum atomic E-state index is 13.3. The normalized spacial score (nSPS) is 9.80. The first-order valence-corrected chi connectivity index (χ1v) is 4.57. The molecule has 15 heavy (non-hydrogen) atoms. The summed E-state index contributed by atoms with van der Waals surface area (Å²) in [5, 5.41) is 8.47. The smallest absolute Gasteiger partial charge is 0.377 e. The summed E-state index contributed by atoms with van der Waals surface area (Å²) in [7, 11) is 1.22. The van der Waals surface area contributed by atoms with E-state index in [4.69, 9.17) is 9.84 Å². The fraction of sp³-hybridized carbons (Fsp3) is 0.111. The molecule has 1 N–H and O–H groups in total. The maximum absolute atomic E-state index is 13.3.